The summed E-state index contributed by atoms with van der Waals surface area (Å²) in [6.45, 7) is 8.38. The average molecular weight is 305 g/mol. The highest BCUT2D eigenvalue weighted by molar-refractivity contribution is 5.67. The van der Waals surface area contributed by atoms with E-state index in [-0.39, 0.29) is 6.09 Å². The number of aromatic nitrogens is 1. The summed E-state index contributed by atoms with van der Waals surface area (Å²) in [6.07, 6.45) is 5.71. The molecule has 0 aliphatic carbocycles. The second-order valence-corrected chi connectivity index (χ2v) is 6.98. The lowest BCUT2D eigenvalue weighted by Gasteiger charge is -2.30. The Bertz CT molecular complexity index is 484. The Kier molecular flexibility index (Phi) is 5.40. The van der Waals surface area contributed by atoms with E-state index in [0.717, 1.165) is 19.5 Å². The summed E-state index contributed by atoms with van der Waals surface area (Å²) in [6, 6.07) is 4.49. The molecule has 1 amide bonds. The molecule has 0 unspecified atom stereocenters. The van der Waals surface area contributed by atoms with E-state index in [9.17, 15) is 4.79 Å². The predicted octanol–water partition coefficient (Wildman–Crippen LogP) is 2.91. The summed E-state index contributed by atoms with van der Waals surface area (Å²) >= 11 is 0. The molecule has 5 heteroatoms. The molecule has 2 rings (SSSR count). The minimum absolute atomic E-state index is 0.247. The van der Waals surface area contributed by atoms with Crippen molar-refractivity contribution >= 4 is 6.09 Å². The second-order valence-electron chi connectivity index (χ2n) is 6.98. The lowest BCUT2D eigenvalue weighted by Crippen LogP contribution is -2.42. The predicted molar refractivity (Wildman–Crippen MR) is 86.5 cm³/mol. The summed E-state index contributed by atoms with van der Waals surface area (Å²) in [5, 5.41) is 0. The molecule has 0 aromatic carbocycles. The van der Waals surface area contributed by atoms with Crippen molar-refractivity contribution in [1.82, 2.24) is 14.8 Å². The normalized spacial score (nSPS) is 19.2. The monoisotopic (exact) mass is 305 g/mol. The molecule has 0 bridgehead atoms. The Labute approximate surface area is 133 Å². The Morgan fingerprint density at radius 3 is 2.73 bits per heavy atom. The molecule has 0 radical (unpaired) electrons. The van der Waals surface area contributed by atoms with Gasteiger partial charge in [-0.25, -0.2) is 4.79 Å². The Morgan fingerprint density at radius 2 is 2.09 bits per heavy atom. The van der Waals surface area contributed by atoms with Crippen LogP contribution in [0.1, 0.15) is 39.2 Å². The molecule has 1 aliphatic rings. The van der Waals surface area contributed by atoms with Gasteiger partial charge >= 0.3 is 6.09 Å². The molecule has 0 saturated carbocycles. The maximum atomic E-state index is 12.1. The van der Waals surface area contributed by atoms with Crippen LogP contribution in [0.2, 0.25) is 0 Å². The van der Waals surface area contributed by atoms with Gasteiger partial charge in [-0.1, -0.05) is 0 Å². The van der Waals surface area contributed by atoms with Crippen LogP contribution in [0.15, 0.2) is 24.5 Å². The second kappa shape index (κ2) is 7.09. The Morgan fingerprint density at radius 1 is 1.41 bits per heavy atom. The molecule has 1 aliphatic heterocycles. The molecule has 0 spiro atoms. The highest BCUT2D eigenvalue weighted by Gasteiger charge is 2.28. The molecule has 0 N–H and O–H groups in total. The van der Waals surface area contributed by atoms with Gasteiger partial charge in [0.25, 0.3) is 0 Å². The van der Waals surface area contributed by atoms with Crippen molar-refractivity contribution in [2.45, 2.75) is 51.8 Å². The van der Waals surface area contributed by atoms with Crippen LogP contribution >= 0.6 is 0 Å². The number of hydrogen-bond donors (Lipinski definition) is 0. The van der Waals surface area contributed by atoms with Gasteiger partial charge in [-0.05, 0) is 57.9 Å². The first-order valence-corrected chi connectivity index (χ1v) is 7.92. The summed E-state index contributed by atoms with van der Waals surface area (Å²) in [5.74, 6) is 0. The first-order valence-electron chi connectivity index (χ1n) is 7.92. The largest absolute Gasteiger partial charge is 0.444 e. The maximum Gasteiger partial charge on any atom is 0.410 e. The SMILES string of the molecule is CN(C[C@H]1CCCN1Cc1ccncc1)C(=O)OC(C)(C)C. The minimum atomic E-state index is -0.447. The van der Waals surface area contributed by atoms with Gasteiger partial charge in [0.2, 0.25) is 0 Å². The van der Waals surface area contributed by atoms with E-state index in [1.807, 2.05) is 52.3 Å². The number of nitrogens with zero attached hydrogens (tertiary/aromatic N) is 3. The first-order chi connectivity index (χ1) is 10.3. The third-order valence-electron chi connectivity index (χ3n) is 3.82. The smallest absolute Gasteiger partial charge is 0.410 e. The van der Waals surface area contributed by atoms with Gasteiger partial charge in [-0.3, -0.25) is 9.88 Å². The Hall–Kier alpha value is -1.62. The van der Waals surface area contributed by atoms with Gasteiger partial charge in [0.05, 0.1) is 0 Å². The summed E-state index contributed by atoms with van der Waals surface area (Å²) in [5.41, 5.74) is 0.819. The molecule has 1 aromatic heterocycles. The molecule has 1 fully saturated rings. The summed E-state index contributed by atoms with van der Waals surface area (Å²) in [7, 11) is 1.82. The van der Waals surface area contributed by atoms with E-state index in [1.54, 1.807) is 4.90 Å². The van der Waals surface area contributed by atoms with E-state index in [0.29, 0.717) is 12.6 Å². The lowest BCUT2D eigenvalue weighted by atomic mass is 10.2. The van der Waals surface area contributed by atoms with Crippen LogP contribution in [0.3, 0.4) is 0 Å². The number of carbonyl (C=O) groups is 1. The van der Waals surface area contributed by atoms with Gasteiger partial charge in [-0.15, -0.1) is 0 Å². The zero-order valence-electron chi connectivity index (χ0n) is 14.1. The molecule has 22 heavy (non-hydrogen) atoms. The molecule has 1 saturated heterocycles. The third-order valence-corrected chi connectivity index (χ3v) is 3.82. The van der Waals surface area contributed by atoms with Crippen LogP contribution in [-0.4, -0.2) is 52.7 Å². The van der Waals surface area contributed by atoms with E-state index >= 15 is 0 Å². The number of pyridine rings is 1. The molecule has 1 atom stereocenters. The third kappa shape index (κ3) is 4.98. The number of ether oxygens (including phenoxy) is 1. The van der Waals surface area contributed by atoms with E-state index < -0.39 is 5.60 Å². The van der Waals surface area contributed by atoms with Gasteiger partial charge in [-0.2, -0.15) is 0 Å². The zero-order chi connectivity index (χ0) is 16.2. The zero-order valence-corrected chi connectivity index (χ0v) is 14.1. The highest BCUT2D eigenvalue weighted by Crippen LogP contribution is 2.21. The van der Waals surface area contributed by atoms with Gasteiger partial charge in [0, 0.05) is 38.6 Å². The minimum Gasteiger partial charge on any atom is -0.444 e. The van der Waals surface area contributed by atoms with Crippen molar-refractivity contribution < 1.29 is 9.53 Å². The molecular weight excluding hydrogens is 278 g/mol. The van der Waals surface area contributed by atoms with Crippen LogP contribution in [0.4, 0.5) is 4.79 Å². The van der Waals surface area contributed by atoms with Gasteiger partial charge < -0.3 is 9.64 Å². The fraction of sp³-hybridized carbons (Fsp3) is 0.647. The lowest BCUT2D eigenvalue weighted by molar-refractivity contribution is 0.0256. The molecule has 122 valence electrons. The number of rotatable bonds is 4. The van der Waals surface area contributed by atoms with Crippen molar-refractivity contribution in [3.63, 3.8) is 0 Å². The van der Waals surface area contributed by atoms with E-state index in [2.05, 4.69) is 9.88 Å². The van der Waals surface area contributed by atoms with E-state index in [1.165, 1.54) is 12.0 Å². The number of hydrogen-bond acceptors (Lipinski definition) is 4. The summed E-state index contributed by atoms with van der Waals surface area (Å²) in [4.78, 5) is 20.3. The number of likely N-dealkylation sites (tertiary alicyclic amines) is 1. The van der Waals surface area contributed by atoms with Gasteiger partial charge in [0.1, 0.15) is 5.60 Å². The van der Waals surface area contributed by atoms with Crippen molar-refractivity contribution in [3.8, 4) is 0 Å². The van der Waals surface area contributed by atoms with Gasteiger partial charge in [0.15, 0.2) is 0 Å². The van der Waals surface area contributed by atoms with Crippen LogP contribution < -0.4 is 0 Å². The molecule has 1 aromatic rings. The van der Waals surface area contributed by atoms with E-state index in [4.69, 9.17) is 4.74 Å². The highest BCUT2D eigenvalue weighted by atomic mass is 16.6. The van der Waals surface area contributed by atoms with Crippen LogP contribution in [0.25, 0.3) is 0 Å². The van der Waals surface area contributed by atoms with Crippen molar-refractivity contribution in [3.05, 3.63) is 30.1 Å². The van der Waals surface area contributed by atoms with Crippen LogP contribution in [0, 0.1) is 0 Å². The van der Waals surface area contributed by atoms with Crippen molar-refractivity contribution in [2.24, 2.45) is 0 Å². The van der Waals surface area contributed by atoms with Crippen molar-refractivity contribution in [1.29, 1.82) is 0 Å². The Balaban J connectivity index is 1.89. The topological polar surface area (TPSA) is 45.7 Å². The number of likely N-dealkylation sites (N-methyl/N-ethyl adjacent to an activating group) is 1. The van der Waals surface area contributed by atoms with Crippen molar-refractivity contribution in [2.75, 3.05) is 20.1 Å². The quantitative estimate of drug-likeness (QED) is 0.858. The molecular formula is C17H27N3O2. The standard InChI is InChI=1S/C17H27N3O2/c1-17(2,3)22-16(21)19(4)13-15-6-5-11-20(15)12-14-7-9-18-10-8-14/h7-10,15H,5-6,11-13H2,1-4H3/t15-/m1/s1. The fourth-order valence-corrected chi connectivity index (χ4v) is 2.76. The van der Waals surface area contributed by atoms with Crippen LogP contribution in [-0.2, 0) is 11.3 Å². The first kappa shape index (κ1) is 16.7. The maximum absolute atomic E-state index is 12.1. The fourth-order valence-electron chi connectivity index (χ4n) is 2.76. The summed E-state index contributed by atoms with van der Waals surface area (Å²) < 4.78 is 5.42. The molecule has 2 heterocycles. The number of carbonyl (C=O) groups excluding carboxylic acids is 1. The molecule has 5 nitrogen and oxygen atoms in total. The number of amides is 1. The average Bonchev–Trinajstić information content (AvgIpc) is 2.85. The van der Waals surface area contributed by atoms with Crippen LogP contribution in [0.5, 0.6) is 0 Å².